The van der Waals surface area contributed by atoms with E-state index in [1.54, 1.807) is 25.2 Å². The number of esters is 2. The lowest BCUT2D eigenvalue weighted by Gasteiger charge is -2.50. The molecule has 0 aromatic carbocycles. The summed E-state index contributed by atoms with van der Waals surface area (Å²) < 4.78 is 31.9. The van der Waals surface area contributed by atoms with Crippen molar-refractivity contribution < 1.29 is 43.5 Å². The van der Waals surface area contributed by atoms with E-state index in [9.17, 15) is 19.8 Å². The number of hydrogen-bond donors (Lipinski definition) is 2. The Morgan fingerprint density at radius 1 is 1.15 bits per heavy atom. The molecular formula is C38H54O9. The molecule has 0 amide bonds. The lowest BCUT2D eigenvalue weighted by atomic mass is 9.71. The quantitative estimate of drug-likeness (QED) is 0.294. The van der Waals surface area contributed by atoms with Gasteiger partial charge in [-0.05, 0) is 68.7 Å². The summed E-state index contributed by atoms with van der Waals surface area (Å²) in [5, 5.41) is 23.3. The molecule has 4 heterocycles. The minimum atomic E-state index is -1.80. The Morgan fingerprint density at radius 2 is 1.89 bits per heavy atom. The number of carbonyl (C=O) groups is 2. The van der Waals surface area contributed by atoms with Crippen LogP contribution in [0, 0.1) is 23.7 Å². The van der Waals surface area contributed by atoms with E-state index in [0.29, 0.717) is 42.7 Å². The Kier molecular flexibility index (Phi) is 10.7. The van der Waals surface area contributed by atoms with Gasteiger partial charge in [0, 0.05) is 25.2 Å². The Morgan fingerprint density at radius 3 is 2.60 bits per heavy atom. The first-order valence-corrected chi connectivity index (χ1v) is 17.3. The number of rotatable bonds is 3. The van der Waals surface area contributed by atoms with Gasteiger partial charge in [-0.1, -0.05) is 64.2 Å². The molecule has 0 aromatic heterocycles. The van der Waals surface area contributed by atoms with Gasteiger partial charge in [0.2, 0.25) is 0 Å². The lowest BCUT2D eigenvalue weighted by molar-refractivity contribution is -0.329. The molecule has 2 bridgehead atoms. The summed E-state index contributed by atoms with van der Waals surface area (Å²) in [4.78, 5) is 26.9. The standard InChI is InChI=1S/C38H54O9/c1-9-22(4)33-25(7)15-16-37(47-33)19-29-18-28(46-37)14-13-24(6)32(45-35(40)21(2)3)23(5)11-10-12-27-20-43-34-31(39)26(8)17-30(36(41)44-29)38(27,34)42/h9-13,17,21,23,25,28-34,39,42H,14-16,18-20H2,1-8H3/b11-10+,22-9+,24-13+,27-12+/t23-,25-,28+,29-,30-,31+,32+,33+,34+,37+,38+/m0/s1. The Labute approximate surface area is 279 Å². The molecule has 3 saturated heterocycles. The van der Waals surface area contributed by atoms with Crippen LogP contribution in [0.2, 0.25) is 0 Å². The number of fused-ring (bicyclic) bond motifs is 2. The highest BCUT2D eigenvalue weighted by Gasteiger charge is 2.60. The second-order valence-corrected chi connectivity index (χ2v) is 14.8. The minimum absolute atomic E-state index is 0.0483. The molecule has 9 nitrogen and oxygen atoms in total. The van der Waals surface area contributed by atoms with E-state index in [1.165, 1.54) is 0 Å². The first-order valence-electron chi connectivity index (χ1n) is 17.3. The fourth-order valence-corrected chi connectivity index (χ4v) is 7.77. The Balaban J connectivity index is 1.57. The SMILES string of the molecule is C/C=C(\C)[C@H]1O[C@]2(CC[C@@H]1C)C[C@@H]1C[C@@H](C/C=C(\C)[C@H](OC(=O)C(C)C)[C@@H](C)/C=C/C=C3\CO[C@@H]4[C@H](O)C(C)=C[C@@H](C(=O)O1)[C@]34O)O2. The van der Waals surface area contributed by atoms with Crippen LogP contribution in [-0.4, -0.2) is 76.8 Å². The maximum Gasteiger partial charge on any atom is 0.316 e. The second kappa shape index (κ2) is 14.1. The van der Waals surface area contributed by atoms with E-state index in [1.807, 2.05) is 40.7 Å². The van der Waals surface area contributed by atoms with Crippen molar-refractivity contribution in [1.82, 2.24) is 0 Å². The van der Waals surface area contributed by atoms with Gasteiger partial charge in [0.1, 0.15) is 35.9 Å². The summed E-state index contributed by atoms with van der Waals surface area (Å²) in [6.07, 6.45) is 10.5. The third-order valence-corrected chi connectivity index (χ3v) is 10.8. The zero-order valence-electron chi connectivity index (χ0n) is 29.2. The van der Waals surface area contributed by atoms with Crippen molar-refractivity contribution in [3.8, 4) is 0 Å². The molecular weight excluding hydrogens is 600 g/mol. The molecule has 4 aliphatic heterocycles. The van der Waals surface area contributed by atoms with Crippen LogP contribution in [0.3, 0.4) is 0 Å². The average Bonchev–Trinajstić information content (AvgIpc) is 3.37. The van der Waals surface area contributed by atoms with E-state index < -0.39 is 47.7 Å². The zero-order chi connectivity index (χ0) is 34.3. The first-order chi connectivity index (χ1) is 22.2. The summed E-state index contributed by atoms with van der Waals surface area (Å²) in [5.74, 6) is -3.06. The number of aliphatic hydroxyl groups excluding tert-OH is 1. The minimum Gasteiger partial charge on any atom is -0.462 e. The number of ether oxygens (including phenoxy) is 5. The van der Waals surface area contributed by atoms with Crippen LogP contribution >= 0.6 is 0 Å². The zero-order valence-corrected chi connectivity index (χ0v) is 29.2. The van der Waals surface area contributed by atoms with Crippen LogP contribution in [0.4, 0.5) is 0 Å². The molecule has 11 atom stereocenters. The van der Waals surface area contributed by atoms with Crippen molar-refractivity contribution in [1.29, 1.82) is 0 Å². The summed E-state index contributed by atoms with van der Waals surface area (Å²) in [6.45, 7) is 15.6. The number of carbonyl (C=O) groups excluding carboxylic acids is 2. The molecule has 1 aliphatic carbocycles. The van der Waals surface area contributed by atoms with Crippen LogP contribution in [-0.2, 0) is 33.3 Å². The van der Waals surface area contributed by atoms with Crippen molar-refractivity contribution in [2.24, 2.45) is 23.7 Å². The third kappa shape index (κ3) is 7.11. The fraction of sp³-hybridized carbons (Fsp3) is 0.684. The van der Waals surface area contributed by atoms with Crippen molar-refractivity contribution in [2.75, 3.05) is 6.61 Å². The Bertz CT molecular complexity index is 1360. The molecule has 5 aliphatic rings. The van der Waals surface area contributed by atoms with Crippen LogP contribution < -0.4 is 0 Å². The molecule has 9 heteroatoms. The van der Waals surface area contributed by atoms with Crippen LogP contribution in [0.15, 0.2) is 58.7 Å². The smallest absolute Gasteiger partial charge is 0.316 e. The molecule has 2 N–H and O–H groups in total. The van der Waals surface area contributed by atoms with E-state index in [4.69, 9.17) is 23.7 Å². The number of aliphatic hydroxyl groups is 2. The van der Waals surface area contributed by atoms with Crippen LogP contribution in [0.1, 0.15) is 87.5 Å². The third-order valence-electron chi connectivity index (χ3n) is 10.8. The van der Waals surface area contributed by atoms with Crippen molar-refractivity contribution in [3.63, 3.8) is 0 Å². The van der Waals surface area contributed by atoms with E-state index in [0.717, 1.165) is 17.6 Å². The van der Waals surface area contributed by atoms with Gasteiger partial charge < -0.3 is 33.9 Å². The highest BCUT2D eigenvalue weighted by atomic mass is 16.7. The van der Waals surface area contributed by atoms with Gasteiger partial charge in [0.25, 0.3) is 0 Å². The molecule has 260 valence electrons. The van der Waals surface area contributed by atoms with Crippen molar-refractivity contribution in [3.05, 3.63) is 58.7 Å². The number of hydrogen-bond acceptors (Lipinski definition) is 9. The van der Waals surface area contributed by atoms with Gasteiger partial charge in [-0.15, -0.1) is 0 Å². The summed E-state index contributed by atoms with van der Waals surface area (Å²) in [6, 6.07) is 0. The highest BCUT2D eigenvalue weighted by Crippen LogP contribution is 2.47. The largest absolute Gasteiger partial charge is 0.462 e. The van der Waals surface area contributed by atoms with Crippen molar-refractivity contribution in [2.45, 2.75) is 136 Å². The first kappa shape index (κ1) is 35.7. The fourth-order valence-electron chi connectivity index (χ4n) is 7.77. The molecule has 5 rings (SSSR count). The molecule has 0 aromatic rings. The summed E-state index contributed by atoms with van der Waals surface area (Å²) in [7, 11) is 0. The van der Waals surface area contributed by atoms with Gasteiger partial charge >= 0.3 is 11.9 Å². The van der Waals surface area contributed by atoms with E-state index >= 15 is 0 Å². The van der Waals surface area contributed by atoms with E-state index in [-0.39, 0.29) is 36.6 Å². The molecule has 0 radical (unpaired) electrons. The van der Waals surface area contributed by atoms with Gasteiger partial charge in [-0.3, -0.25) is 9.59 Å². The van der Waals surface area contributed by atoms with Gasteiger partial charge in [0.05, 0.1) is 24.7 Å². The van der Waals surface area contributed by atoms with Gasteiger partial charge in [-0.25, -0.2) is 0 Å². The Hall–Kier alpha value is -2.56. The normalized spacial score (nSPS) is 44.4. The van der Waals surface area contributed by atoms with Gasteiger partial charge in [-0.2, -0.15) is 0 Å². The molecule has 3 fully saturated rings. The lowest BCUT2D eigenvalue weighted by Crippen LogP contribution is -2.58. The van der Waals surface area contributed by atoms with Crippen molar-refractivity contribution >= 4 is 11.9 Å². The molecule has 47 heavy (non-hydrogen) atoms. The van der Waals surface area contributed by atoms with Crippen LogP contribution in [0.5, 0.6) is 0 Å². The maximum atomic E-state index is 14.1. The molecule has 1 spiro atoms. The topological polar surface area (TPSA) is 121 Å². The molecule has 0 unspecified atom stereocenters. The summed E-state index contributed by atoms with van der Waals surface area (Å²) in [5.41, 5.74) is 1.25. The summed E-state index contributed by atoms with van der Waals surface area (Å²) >= 11 is 0. The average molecular weight is 655 g/mol. The predicted octanol–water partition coefficient (Wildman–Crippen LogP) is 5.66. The second-order valence-electron chi connectivity index (χ2n) is 14.8. The maximum absolute atomic E-state index is 14.1. The monoisotopic (exact) mass is 654 g/mol. The van der Waals surface area contributed by atoms with Crippen LogP contribution in [0.25, 0.3) is 0 Å². The highest BCUT2D eigenvalue weighted by molar-refractivity contribution is 5.78. The number of allylic oxidation sites excluding steroid dienone is 3. The van der Waals surface area contributed by atoms with Gasteiger partial charge in [0.15, 0.2) is 5.79 Å². The molecule has 0 saturated carbocycles. The van der Waals surface area contributed by atoms with E-state index in [2.05, 4.69) is 26.0 Å². The predicted molar refractivity (Wildman–Crippen MR) is 177 cm³/mol.